The maximum atomic E-state index is 13.7. The van der Waals surface area contributed by atoms with Gasteiger partial charge >= 0.3 is 0 Å². The molecule has 1 atom stereocenters. The fourth-order valence-corrected chi connectivity index (χ4v) is 4.94. The minimum atomic E-state index is -0.687. The third kappa shape index (κ3) is 5.09. The van der Waals surface area contributed by atoms with E-state index in [0.29, 0.717) is 24.7 Å². The predicted molar refractivity (Wildman–Crippen MR) is 150 cm³/mol. The van der Waals surface area contributed by atoms with Gasteiger partial charge in [0.1, 0.15) is 30.2 Å². The van der Waals surface area contributed by atoms with Crippen LogP contribution in [0.4, 0.5) is 33.1 Å². The first-order chi connectivity index (χ1) is 19.0. The SMILES string of the molecule is Nc1ncnc2c1N(c1ccc(Oc3ccccc3)cc1)CN2c1cccc(CC2C=CC=C(F)C(=O)C2)c1. The number of hydrogen-bond donors (Lipinski definition) is 1. The summed E-state index contributed by atoms with van der Waals surface area (Å²) in [5, 5.41) is 0. The van der Waals surface area contributed by atoms with Gasteiger partial charge in [-0.25, -0.2) is 14.4 Å². The number of carbonyl (C=O) groups is 1. The molecule has 2 aliphatic rings. The van der Waals surface area contributed by atoms with E-state index in [1.807, 2.05) is 78.9 Å². The number of allylic oxidation sites excluding steroid dienone is 4. The maximum absolute atomic E-state index is 13.7. The van der Waals surface area contributed by atoms with Gasteiger partial charge in [0.05, 0.1) is 0 Å². The highest BCUT2D eigenvalue weighted by molar-refractivity contribution is 5.94. The fraction of sp³-hybridized carbons (Fsp3) is 0.129. The first kappa shape index (κ1) is 24.4. The molecule has 0 saturated carbocycles. The molecule has 0 spiro atoms. The average molecular weight is 520 g/mol. The number of halogens is 1. The number of hydrogen-bond acceptors (Lipinski definition) is 7. The summed E-state index contributed by atoms with van der Waals surface area (Å²) in [5.41, 5.74) is 9.98. The lowest BCUT2D eigenvalue weighted by Gasteiger charge is -2.22. The van der Waals surface area contributed by atoms with Crippen LogP contribution in [0, 0.1) is 5.92 Å². The topological polar surface area (TPSA) is 84.6 Å². The summed E-state index contributed by atoms with van der Waals surface area (Å²) in [6.07, 6.45) is 6.99. The highest BCUT2D eigenvalue weighted by Gasteiger charge is 2.32. The number of anilines is 5. The molecule has 194 valence electrons. The van der Waals surface area contributed by atoms with Gasteiger partial charge in [-0.15, -0.1) is 0 Å². The van der Waals surface area contributed by atoms with Crippen molar-refractivity contribution in [2.75, 3.05) is 22.2 Å². The Labute approximate surface area is 225 Å². The Morgan fingerprint density at radius 2 is 1.72 bits per heavy atom. The van der Waals surface area contributed by atoms with Gasteiger partial charge in [0.15, 0.2) is 23.2 Å². The van der Waals surface area contributed by atoms with Crippen molar-refractivity contribution in [1.29, 1.82) is 0 Å². The zero-order valence-corrected chi connectivity index (χ0v) is 21.1. The van der Waals surface area contributed by atoms with Gasteiger partial charge in [-0.2, -0.15) is 0 Å². The van der Waals surface area contributed by atoms with Crippen molar-refractivity contribution in [2.45, 2.75) is 12.8 Å². The molecule has 4 aromatic rings. The molecular formula is C31H26FN5O2. The van der Waals surface area contributed by atoms with Crippen LogP contribution in [-0.2, 0) is 11.2 Å². The summed E-state index contributed by atoms with van der Waals surface area (Å²) in [6.45, 7) is 0.484. The van der Waals surface area contributed by atoms with E-state index in [-0.39, 0.29) is 12.3 Å². The Balaban J connectivity index is 1.25. The van der Waals surface area contributed by atoms with Crippen LogP contribution >= 0.6 is 0 Å². The number of benzene rings is 3. The normalized spacial score (nSPS) is 16.6. The molecule has 3 aromatic carbocycles. The number of aromatic nitrogens is 2. The molecule has 1 aromatic heterocycles. The van der Waals surface area contributed by atoms with Crippen molar-refractivity contribution >= 4 is 34.5 Å². The van der Waals surface area contributed by atoms with E-state index in [1.54, 1.807) is 6.08 Å². The molecular weight excluding hydrogens is 493 g/mol. The zero-order chi connectivity index (χ0) is 26.8. The third-order valence-corrected chi connectivity index (χ3v) is 6.83. The summed E-state index contributed by atoms with van der Waals surface area (Å²) in [7, 11) is 0. The average Bonchev–Trinajstić information content (AvgIpc) is 3.27. The Morgan fingerprint density at radius 1 is 0.923 bits per heavy atom. The van der Waals surface area contributed by atoms with Gasteiger partial charge in [0.25, 0.3) is 0 Å². The van der Waals surface area contributed by atoms with Crippen LogP contribution in [0.1, 0.15) is 12.0 Å². The van der Waals surface area contributed by atoms with Gasteiger partial charge in [0.2, 0.25) is 0 Å². The number of Topliss-reactive ketones (excluding diaryl/α,β-unsaturated/α-hetero) is 1. The number of nitrogens with zero attached hydrogens (tertiary/aromatic N) is 4. The maximum Gasteiger partial charge on any atom is 0.191 e. The number of ether oxygens (including phenoxy) is 1. The monoisotopic (exact) mass is 519 g/mol. The molecule has 2 heterocycles. The van der Waals surface area contributed by atoms with Crippen molar-refractivity contribution in [3.63, 3.8) is 0 Å². The van der Waals surface area contributed by atoms with E-state index in [1.165, 1.54) is 12.4 Å². The van der Waals surface area contributed by atoms with Crippen LogP contribution in [0.3, 0.4) is 0 Å². The largest absolute Gasteiger partial charge is 0.457 e. The highest BCUT2D eigenvalue weighted by Crippen LogP contribution is 2.45. The predicted octanol–water partition coefficient (Wildman–Crippen LogP) is 6.64. The molecule has 8 heteroatoms. The first-order valence-electron chi connectivity index (χ1n) is 12.7. The highest BCUT2D eigenvalue weighted by atomic mass is 19.1. The van der Waals surface area contributed by atoms with Crippen LogP contribution in [0.15, 0.2) is 109 Å². The fourth-order valence-electron chi connectivity index (χ4n) is 4.94. The Kier molecular flexibility index (Phi) is 6.50. The second kappa shape index (κ2) is 10.4. The number of ketones is 1. The molecule has 1 aliphatic carbocycles. The molecule has 1 aliphatic heterocycles. The quantitative estimate of drug-likeness (QED) is 0.306. The van der Waals surface area contributed by atoms with Crippen molar-refractivity contribution in [3.05, 3.63) is 115 Å². The van der Waals surface area contributed by atoms with E-state index in [2.05, 4.69) is 25.8 Å². The lowest BCUT2D eigenvalue weighted by atomic mass is 9.94. The molecule has 0 radical (unpaired) electrons. The molecule has 7 nitrogen and oxygen atoms in total. The number of carbonyl (C=O) groups excluding carboxylic acids is 1. The lowest BCUT2D eigenvalue weighted by Crippen LogP contribution is -2.24. The van der Waals surface area contributed by atoms with Crippen LogP contribution in [0.25, 0.3) is 0 Å². The van der Waals surface area contributed by atoms with Crippen molar-refractivity contribution in [1.82, 2.24) is 9.97 Å². The number of nitrogen functional groups attached to an aromatic ring is 1. The Hall–Kier alpha value is -4.98. The van der Waals surface area contributed by atoms with E-state index >= 15 is 0 Å². The second-order valence-electron chi connectivity index (χ2n) is 9.50. The molecule has 0 bridgehead atoms. The summed E-state index contributed by atoms with van der Waals surface area (Å²) < 4.78 is 19.7. The minimum absolute atomic E-state index is 0.0748. The molecule has 0 amide bonds. The summed E-state index contributed by atoms with van der Waals surface area (Å²) in [5.74, 6) is 1.37. The van der Waals surface area contributed by atoms with Gasteiger partial charge in [0, 0.05) is 17.8 Å². The van der Waals surface area contributed by atoms with Gasteiger partial charge in [-0.05, 0) is 72.5 Å². The molecule has 1 unspecified atom stereocenters. The third-order valence-electron chi connectivity index (χ3n) is 6.83. The minimum Gasteiger partial charge on any atom is -0.457 e. The van der Waals surface area contributed by atoms with Gasteiger partial charge < -0.3 is 20.3 Å². The number of para-hydroxylation sites is 1. The smallest absolute Gasteiger partial charge is 0.191 e. The van der Waals surface area contributed by atoms with Crippen LogP contribution < -0.4 is 20.3 Å². The van der Waals surface area contributed by atoms with Crippen molar-refractivity contribution in [3.8, 4) is 11.5 Å². The molecule has 39 heavy (non-hydrogen) atoms. The Morgan fingerprint density at radius 3 is 2.54 bits per heavy atom. The van der Waals surface area contributed by atoms with E-state index < -0.39 is 11.6 Å². The summed E-state index contributed by atoms with van der Waals surface area (Å²) in [6, 6.07) is 25.5. The lowest BCUT2D eigenvalue weighted by molar-refractivity contribution is -0.117. The standard InChI is InChI=1S/C31H26FN5O2/c32-27-11-5-7-22(18-28(27)38)16-21-6-4-8-24(17-21)37-20-36(29-30(33)34-19-35-31(29)37)23-12-14-26(15-13-23)39-25-9-2-1-3-10-25/h1-15,17,19,22H,16,18,20H2,(H2,33,34,35). The zero-order valence-electron chi connectivity index (χ0n) is 21.1. The number of nitrogens with two attached hydrogens (primary N) is 1. The van der Waals surface area contributed by atoms with Gasteiger partial charge in [-0.1, -0.05) is 42.5 Å². The van der Waals surface area contributed by atoms with Crippen LogP contribution in [0.5, 0.6) is 11.5 Å². The summed E-state index contributed by atoms with van der Waals surface area (Å²) in [4.78, 5) is 25.0. The van der Waals surface area contributed by atoms with E-state index in [9.17, 15) is 9.18 Å². The second-order valence-corrected chi connectivity index (χ2v) is 9.50. The van der Waals surface area contributed by atoms with Crippen molar-refractivity contribution < 1.29 is 13.9 Å². The molecule has 6 rings (SSSR count). The molecule has 0 saturated heterocycles. The Bertz CT molecular complexity index is 1570. The van der Waals surface area contributed by atoms with Crippen LogP contribution in [0.2, 0.25) is 0 Å². The number of rotatable bonds is 6. The first-order valence-corrected chi connectivity index (χ1v) is 12.7. The molecule has 0 fully saturated rings. The molecule has 2 N–H and O–H groups in total. The number of fused-ring (bicyclic) bond motifs is 1. The van der Waals surface area contributed by atoms with Gasteiger partial charge in [-0.3, -0.25) is 4.79 Å². The summed E-state index contributed by atoms with van der Waals surface area (Å²) >= 11 is 0. The van der Waals surface area contributed by atoms with E-state index in [4.69, 9.17) is 10.5 Å². The van der Waals surface area contributed by atoms with Crippen molar-refractivity contribution in [2.24, 2.45) is 5.92 Å². The van der Waals surface area contributed by atoms with Crippen LogP contribution in [-0.4, -0.2) is 22.4 Å². The van der Waals surface area contributed by atoms with E-state index in [0.717, 1.165) is 34.1 Å².